The first-order chi connectivity index (χ1) is 17.4. The predicted octanol–water partition coefficient (Wildman–Crippen LogP) is 4.37. The number of Topliss-reactive ketones (excluding diaryl/α,β-unsaturated/α-hetero) is 1. The van der Waals surface area contributed by atoms with Crippen molar-refractivity contribution in [3.05, 3.63) is 94.6 Å². The summed E-state index contributed by atoms with van der Waals surface area (Å²) in [4.78, 5) is 38.2. The average Bonchev–Trinajstić information content (AvgIpc) is 3.36. The summed E-state index contributed by atoms with van der Waals surface area (Å²) in [5.74, 6) is -1.63. The number of ketones is 1. The summed E-state index contributed by atoms with van der Waals surface area (Å²) in [6, 6.07) is 17.6. The van der Waals surface area contributed by atoms with Gasteiger partial charge in [-0.05, 0) is 76.9 Å². The number of carboxylic acids is 1. The van der Waals surface area contributed by atoms with Crippen LogP contribution in [0.15, 0.2) is 76.9 Å². The lowest BCUT2D eigenvalue weighted by molar-refractivity contribution is -0.130. The molecule has 0 saturated heterocycles. The fourth-order valence-electron chi connectivity index (χ4n) is 3.74. The summed E-state index contributed by atoms with van der Waals surface area (Å²) in [5.41, 5.74) is 2.30. The molecule has 1 heterocycles. The number of esters is 1. The van der Waals surface area contributed by atoms with Crippen LogP contribution in [0.3, 0.4) is 0 Å². The topological polar surface area (TPSA) is 129 Å². The van der Waals surface area contributed by atoms with Crippen molar-refractivity contribution < 1.29 is 33.6 Å². The highest BCUT2D eigenvalue weighted by molar-refractivity contribution is 6.26. The van der Waals surface area contributed by atoms with Gasteiger partial charge in [-0.3, -0.25) is 4.79 Å². The van der Waals surface area contributed by atoms with E-state index in [1.807, 2.05) is 0 Å². The van der Waals surface area contributed by atoms with Crippen LogP contribution in [0.5, 0.6) is 5.75 Å². The normalized spacial score (nSPS) is 11.6. The highest BCUT2D eigenvalue weighted by Gasteiger charge is 2.24. The quantitative estimate of drug-likeness (QED) is 0.208. The van der Waals surface area contributed by atoms with Crippen molar-refractivity contribution in [1.82, 2.24) is 10.3 Å². The van der Waals surface area contributed by atoms with Crippen molar-refractivity contribution in [2.45, 2.75) is 13.3 Å². The maximum atomic E-state index is 13.7. The Bertz CT molecular complexity index is 1450. The van der Waals surface area contributed by atoms with Gasteiger partial charge in [-0.2, -0.15) is 0 Å². The number of fused-ring (bicyclic) bond motifs is 1. The monoisotopic (exact) mass is 486 g/mol. The predicted molar refractivity (Wildman–Crippen MR) is 130 cm³/mol. The Morgan fingerprint density at radius 3 is 2.14 bits per heavy atom. The number of hydrogen-bond donors (Lipinski definition) is 1. The molecule has 0 amide bonds. The third-order valence-electron chi connectivity index (χ3n) is 5.53. The van der Waals surface area contributed by atoms with Crippen LogP contribution in [0, 0.1) is 0 Å². The zero-order chi connectivity index (χ0) is 25.7. The van der Waals surface area contributed by atoms with Crippen LogP contribution in [-0.2, 0) is 16.0 Å². The summed E-state index contributed by atoms with van der Waals surface area (Å²) >= 11 is 0. The highest BCUT2D eigenvalue weighted by atomic mass is 16.6. The first kappa shape index (κ1) is 24.3. The maximum Gasteiger partial charge on any atom is 0.338 e. The molecule has 0 unspecified atom stereocenters. The van der Waals surface area contributed by atoms with E-state index >= 15 is 0 Å². The molecule has 9 heteroatoms. The molecule has 0 aliphatic carbocycles. The number of benzene rings is 3. The van der Waals surface area contributed by atoms with Crippen LogP contribution in [0.1, 0.15) is 38.8 Å². The summed E-state index contributed by atoms with van der Waals surface area (Å²) < 4.78 is 14.9. The Balaban J connectivity index is 1.82. The molecule has 3 aromatic carbocycles. The van der Waals surface area contributed by atoms with E-state index in [9.17, 15) is 19.5 Å². The van der Waals surface area contributed by atoms with Gasteiger partial charge in [0.25, 0.3) is 0 Å². The lowest BCUT2D eigenvalue weighted by atomic mass is 9.89. The van der Waals surface area contributed by atoms with Gasteiger partial charge in [0.2, 0.25) is 0 Å². The van der Waals surface area contributed by atoms with Crippen LogP contribution >= 0.6 is 0 Å². The number of aliphatic carboxylic acids is 1. The number of carbonyl (C=O) groups is 3. The molecule has 0 fully saturated rings. The van der Waals surface area contributed by atoms with E-state index < -0.39 is 17.7 Å². The third-order valence-corrected chi connectivity index (χ3v) is 5.53. The second-order valence-corrected chi connectivity index (χ2v) is 7.78. The van der Waals surface area contributed by atoms with Gasteiger partial charge in [0.05, 0.1) is 24.9 Å². The number of rotatable bonds is 9. The fraction of sp³-hybridized carbons (Fsp3) is 0.148. The van der Waals surface area contributed by atoms with Crippen molar-refractivity contribution >= 4 is 34.3 Å². The van der Waals surface area contributed by atoms with E-state index in [0.29, 0.717) is 33.5 Å². The van der Waals surface area contributed by atoms with Gasteiger partial charge in [-0.15, -0.1) is 0 Å². The third kappa shape index (κ3) is 5.15. The smallest absolute Gasteiger partial charge is 0.338 e. The number of allylic oxidation sites excluding steroid dienone is 1. The second kappa shape index (κ2) is 10.6. The maximum absolute atomic E-state index is 13.7. The molecular formula is C27H22N2O7. The number of methoxy groups -OCH3 is 1. The zero-order valence-corrected chi connectivity index (χ0v) is 19.6. The summed E-state index contributed by atoms with van der Waals surface area (Å²) in [6.07, 6.45) is 0.00467. The number of aromatic nitrogens is 2. The van der Waals surface area contributed by atoms with Gasteiger partial charge in [-0.25, -0.2) is 14.2 Å². The summed E-state index contributed by atoms with van der Waals surface area (Å²) in [5, 5.41) is 17.7. The van der Waals surface area contributed by atoms with E-state index in [2.05, 4.69) is 10.3 Å². The highest BCUT2D eigenvalue weighted by Crippen LogP contribution is 2.28. The number of carboxylic acid groups (broad SMARTS) is 1. The van der Waals surface area contributed by atoms with E-state index in [4.69, 9.17) is 14.1 Å². The van der Waals surface area contributed by atoms with Gasteiger partial charge in [0, 0.05) is 17.6 Å². The van der Waals surface area contributed by atoms with Crippen molar-refractivity contribution in [3.63, 3.8) is 0 Å². The molecule has 0 saturated carbocycles. The van der Waals surface area contributed by atoms with Gasteiger partial charge in [-0.1, -0.05) is 18.2 Å². The minimum atomic E-state index is -1.27. The van der Waals surface area contributed by atoms with Gasteiger partial charge in [0.15, 0.2) is 5.78 Å². The lowest BCUT2D eigenvalue weighted by Gasteiger charge is -2.14. The minimum Gasteiger partial charge on any atom is -0.497 e. The summed E-state index contributed by atoms with van der Waals surface area (Å²) in [6.45, 7) is 1.96. The van der Waals surface area contributed by atoms with Gasteiger partial charge < -0.3 is 14.6 Å². The Kier molecular flexibility index (Phi) is 7.20. The van der Waals surface area contributed by atoms with E-state index in [-0.39, 0.29) is 29.7 Å². The zero-order valence-electron chi connectivity index (χ0n) is 19.6. The molecule has 0 aliphatic rings. The fourth-order valence-corrected chi connectivity index (χ4v) is 3.74. The van der Waals surface area contributed by atoms with Crippen molar-refractivity contribution in [3.8, 4) is 5.75 Å². The van der Waals surface area contributed by atoms with E-state index in [1.54, 1.807) is 67.6 Å². The van der Waals surface area contributed by atoms with Gasteiger partial charge >= 0.3 is 11.9 Å². The standard InChI is InChI=1S/C27H22N2O7/c1-3-35-27(33)18-6-4-16(5-7-18)14-21(25(30)17-8-11-20(34-2)12-9-17)24(26(31)32)19-10-13-22-23(15-19)29-36-28-22/h4-13,15H,3,14H2,1-2H3,(H,31,32)/b24-21+. The van der Waals surface area contributed by atoms with Crippen molar-refractivity contribution in [1.29, 1.82) is 0 Å². The second-order valence-electron chi connectivity index (χ2n) is 7.78. The molecule has 1 aromatic heterocycles. The van der Waals surface area contributed by atoms with Crippen LogP contribution in [0.2, 0.25) is 0 Å². The average molecular weight is 486 g/mol. The molecule has 0 radical (unpaired) electrons. The Morgan fingerprint density at radius 1 is 0.861 bits per heavy atom. The molecule has 0 atom stereocenters. The summed E-state index contributed by atoms with van der Waals surface area (Å²) in [7, 11) is 1.51. The van der Waals surface area contributed by atoms with E-state index in [0.717, 1.165) is 0 Å². The van der Waals surface area contributed by atoms with Crippen LogP contribution in [-0.4, -0.2) is 46.9 Å². The SMILES string of the molecule is CCOC(=O)c1ccc(C/C(C(=O)c2ccc(OC)cc2)=C(\C(=O)O)c2ccc3nonc3c2)cc1. The number of hydrogen-bond acceptors (Lipinski definition) is 8. The van der Waals surface area contributed by atoms with Gasteiger partial charge in [0.1, 0.15) is 16.8 Å². The first-order valence-electron chi connectivity index (χ1n) is 11.0. The largest absolute Gasteiger partial charge is 0.497 e. The molecule has 1 N–H and O–H groups in total. The molecule has 0 bridgehead atoms. The Labute approximate surface area is 205 Å². The molecule has 36 heavy (non-hydrogen) atoms. The lowest BCUT2D eigenvalue weighted by Crippen LogP contribution is -2.14. The molecule has 182 valence electrons. The Morgan fingerprint density at radius 2 is 1.50 bits per heavy atom. The first-order valence-corrected chi connectivity index (χ1v) is 11.0. The Hall–Kier alpha value is -4.79. The minimum absolute atomic E-state index is 0.00467. The molecule has 4 rings (SSSR count). The van der Waals surface area contributed by atoms with E-state index in [1.165, 1.54) is 13.2 Å². The number of carbonyl (C=O) groups excluding carboxylic acids is 2. The molecule has 4 aromatic rings. The van der Waals surface area contributed by atoms with Crippen molar-refractivity contribution in [2.24, 2.45) is 0 Å². The molecule has 9 nitrogen and oxygen atoms in total. The number of nitrogens with zero attached hydrogens (tertiary/aromatic N) is 2. The van der Waals surface area contributed by atoms with Crippen LogP contribution < -0.4 is 4.74 Å². The van der Waals surface area contributed by atoms with Crippen molar-refractivity contribution in [2.75, 3.05) is 13.7 Å². The van der Waals surface area contributed by atoms with Crippen LogP contribution in [0.4, 0.5) is 0 Å². The van der Waals surface area contributed by atoms with Crippen LogP contribution in [0.25, 0.3) is 16.6 Å². The molecule has 0 spiro atoms. The number of ether oxygens (including phenoxy) is 2. The molecular weight excluding hydrogens is 464 g/mol. The molecule has 0 aliphatic heterocycles.